The molecule has 1 amide bonds. The zero-order valence-electron chi connectivity index (χ0n) is 17.3. The van der Waals surface area contributed by atoms with Gasteiger partial charge in [-0.1, -0.05) is 18.7 Å². The molecule has 1 fully saturated rings. The first kappa shape index (κ1) is 19.9. The normalized spacial score (nSPS) is 14.2. The standard InChI is InChI=1S/C23H25FN4O2/c1-4-21(29)26-11-13-27(14-12-26)23-17-10-9-16(15-19(17)25-28(23)5-2)22-18(24)7-6-8-20(22)30-3/h4,6-10,15H,1,5,11-14H2,2-3H3. The number of rotatable bonds is 5. The number of aromatic nitrogens is 2. The number of benzene rings is 2. The number of amides is 1. The third kappa shape index (κ3) is 3.40. The van der Waals surface area contributed by atoms with E-state index in [0.717, 1.165) is 35.4 Å². The lowest BCUT2D eigenvalue weighted by Gasteiger charge is -2.35. The summed E-state index contributed by atoms with van der Waals surface area (Å²) >= 11 is 0. The average Bonchev–Trinajstić information content (AvgIpc) is 3.16. The first-order chi connectivity index (χ1) is 14.6. The number of piperazine rings is 1. The quantitative estimate of drug-likeness (QED) is 0.604. The van der Waals surface area contributed by atoms with Crippen molar-refractivity contribution in [3.63, 3.8) is 0 Å². The van der Waals surface area contributed by atoms with Crippen LogP contribution in [0.3, 0.4) is 0 Å². The second-order valence-corrected chi connectivity index (χ2v) is 7.20. The number of carbonyl (C=O) groups is 1. The summed E-state index contributed by atoms with van der Waals surface area (Å²) in [5, 5.41) is 5.78. The Morgan fingerprint density at radius 1 is 1.23 bits per heavy atom. The molecule has 1 aliphatic rings. The summed E-state index contributed by atoms with van der Waals surface area (Å²) in [6.07, 6.45) is 1.36. The molecule has 0 unspecified atom stereocenters. The third-order valence-electron chi connectivity index (χ3n) is 5.56. The fourth-order valence-electron chi connectivity index (χ4n) is 4.05. The van der Waals surface area contributed by atoms with Gasteiger partial charge in [-0.05, 0) is 42.8 Å². The van der Waals surface area contributed by atoms with Crippen molar-refractivity contribution >= 4 is 22.6 Å². The van der Waals surface area contributed by atoms with Gasteiger partial charge in [-0.3, -0.25) is 4.79 Å². The van der Waals surface area contributed by atoms with Crippen molar-refractivity contribution in [3.05, 3.63) is 54.9 Å². The summed E-state index contributed by atoms with van der Waals surface area (Å²) in [4.78, 5) is 15.9. The summed E-state index contributed by atoms with van der Waals surface area (Å²) < 4.78 is 21.9. The van der Waals surface area contributed by atoms with Crippen LogP contribution >= 0.6 is 0 Å². The highest BCUT2D eigenvalue weighted by atomic mass is 19.1. The van der Waals surface area contributed by atoms with Gasteiger partial charge in [-0.25, -0.2) is 9.07 Å². The molecule has 0 radical (unpaired) electrons. The smallest absolute Gasteiger partial charge is 0.246 e. The van der Waals surface area contributed by atoms with E-state index in [1.165, 1.54) is 19.3 Å². The van der Waals surface area contributed by atoms with Gasteiger partial charge in [0.15, 0.2) is 0 Å². The van der Waals surface area contributed by atoms with E-state index in [4.69, 9.17) is 9.84 Å². The number of hydrogen-bond acceptors (Lipinski definition) is 4. The van der Waals surface area contributed by atoms with Gasteiger partial charge in [0.1, 0.15) is 17.4 Å². The third-order valence-corrected chi connectivity index (χ3v) is 5.56. The van der Waals surface area contributed by atoms with Crippen LogP contribution in [0.2, 0.25) is 0 Å². The molecule has 0 bridgehead atoms. The summed E-state index contributed by atoms with van der Waals surface area (Å²) in [6, 6.07) is 10.6. The number of nitrogens with zero attached hydrogens (tertiary/aromatic N) is 4. The molecule has 7 heteroatoms. The van der Waals surface area contributed by atoms with Gasteiger partial charge in [-0.15, -0.1) is 0 Å². The van der Waals surface area contributed by atoms with E-state index >= 15 is 0 Å². The molecule has 0 spiro atoms. The van der Waals surface area contributed by atoms with Crippen LogP contribution in [-0.2, 0) is 11.3 Å². The molecule has 0 atom stereocenters. The average molecular weight is 408 g/mol. The molecule has 0 N–H and O–H groups in total. The Balaban J connectivity index is 1.72. The molecule has 0 aliphatic carbocycles. The Morgan fingerprint density at radius 3 is 2.67 bits per heavy atom. The van der Waals surface area contributed by atoms with E-state index in [-0.39, 0.29) is 11.7 Å². The Morgan fingerprint density at radius 2 is 2.00 bits per heavy atom. The topological polar surface area (TPSA) is 50.6 Å². The fraction of sp³-hybridized carbons (Fsp3) is 0.304. The molecule has 3 aromatic rings. The fourth-order valence-corrected chi connectivity index (χ4v) is 4.05. The monoisotopic (exact) mass is 408 g/mol. The van der Waals surface area contributed by atoms with Crippen LogP contribution in [0.4, 0.5) is 10.2 Å². The number of fused-ring (bicyclic) bond motifs is 1. The first-order valence-electron chi connectivity index (χ1n) is 10.1. The Labute approximate surface area is 175 Å². The molecule has 2 aromatic carbocycles. The number of hydrogen-bond donors (Lipinski definition) is 0. The largest absolute Gasteiger partial charge is 0.496 e. The molecule has 0 saturated carbocycles. The van der Waals surface area contributed by atoms with Gasteiger partial charge in [0.05, 0.1) is 18.2 Å². The van der Waals surface area contributed by atoms with Crippen LogP contribution in [-0.4, -0.2) is 53.9 Å². The minimum Gasteiger partial charge on any atom is -0.496 e. The highest BCUT2D eigenvalue weighted by molar-refractivity contribution is 5.94. The van der Waals surface area contributed by atoms with E-state index in [2.05, 4.69) is 11.5 Å². The summed E-state index contributed by atoms with van der Waals surface area (Å²) in [5.41, 5.74) is 1.97. The summed E-state index contributed by atoms with van der Waals surface area (Å²) in [6.45, 7) is 9.08. The van der Waals surface area contributed by atoms with Gasteiger partial charge >= 0.3 is 0 Å². The van der Waals surface area contributed by atoms with E-state index in [1.807, 2.05) is 29.8 Å². The zero-order valence-corrected chi connectivity index (χ0v) is 17.3. The first-order valence-corrected chi connectivity index (χ1v) is 10.1. The summed E-state index contributed by atoms with van der Waals surface area (Å²) in [5.74, 6) is 1.16. The van der Waals surface area contributed by atoms with Crippen LogP contribution in [0.5, 0.6) is 5.75 Å². The van der Waals surface area contributed by atoms with Gasteiger partial charge in [0, 0.05) is 38.1 Å². The molecular weight excluding hydrogens is 383 g/mol. The van der Waals surface area contributed by atoms with Gasteiger partial charge in [0.2, 0.25) is 5.91 Å². The van der Waals surface area contributed by atoms with Gasteiger partial charge < -0.3 is 14.5 Å². The predicted molar refractivity (Wildman–Crippen MR) is 116 cm³/mol. The predicted octanol–water partition coefficient (Wildman–Crippen LogP) is 3.71. The highest BCUT2D eigenvalue weighted by Crippen LogP contribution is 2.36. The molecule has 1 aliphatic heterocycles. The molecule has 1 aromatic heterocycles. The Kier molecular flexibility index (Phi) is 5.44. The second kappa shape index (κ2) is 8.18. The molecular formula is C23H25FN4O2. The SMILES string of the molecule is C=CC(=O)N1CCN(c2c3ccc(-c4c(F)cccc4OC)cc3nn2CC)CC1. The molecule has 4 rings (SSSR count). The molecule has 2 heterocycles. The number of anilines is 1. The van der Waals surface area contributed by atoms with E-state index in [0.29, 0.717) is 30.9 Å². The number of carbonyl (C=O) groups excluding carboxylic acids is 1. The minimum atomic E-state index is -0.327. The van der Waals surface area contributed by atoms with Crippen molar-refractivity contribution in [1.29, 1.82) is 0 Å². The van der Waals surface area contributed by atoms with Gasteiger partial charge in [0.25, 0.3) is 0 Å². The van der Waals surface area contributed by atoms with E-state index in [1.54, 1.807) is 17.0 Å². The van der Waals surface area contributed by atoms with E-state index < -0.39 is 0 Å². The molecule has 6 nitrogen and oxygen atoms in total. The van der Waals surface area contributed by atoms with Crippen molar-refractivity contribution < 1.29 is 13.9 Å². The van der Waals surface area contributed by atoms with E-state index in [9.17, 15) is 9.18 Å². The zero-order chi connectivity index (χ0) is 21.3. The second-order valence-electron chi connectivity index (χ2n) is 7.20. The highest BCUT2D eigenvalue weighted by Gasteiger charge is 2.24. The summed E-state index contributed by atoms with van der Waals surface area (Å²) in [7, 11) is 1.54. The van der Waals surface area contributed by atoms with Crippen LogP contribution in [0, 0.1) is 5.82 Å². The Hall–Kier alpha value is -3.35. The number of methoxy groups -OCH3 is 1. The van der Waals surface area contributed by atoms with Crippen LogP contribution in [0.1, 0.15) is 6.92 Å². The van der Waals surface area contributed by atoms with Gasteiger partial charge in [-0.2, -0.15) is 5.10 Å². The molecule has 156 valence electrons. The van der Waals surface area contributed by atoms with Crippen molar-refractivity contribution in [2.75, 3.05) is 38.2 Å². The van der Waals surface area contributed by atoms with Crippen LogP contribution in [0.15, 0.2) is 49.1 Å². The molecule has 30 heavy (non-hydrogen) atoms. The van der Waals surface area contributed by atoms with Crippen molar-refractivity contribution in [1.82, 2.24) is 14.7 Å². The number of halogens is 1. The maximum absolute atomic E-state index is 14.5. The lowest BCUT2D eigenvalue weighted by Crippen LogP contribution is -2.48. The van der Waals surface area contributed by atoms with Crippen molar-refractivity contribution in [3.8, 4) is 16.9 Å². The van der Waals surface area contributed by atoms with Crippen molar-refractivity contribution in [2.24, 2.45) is 0 Å². The van der Waals surface area contributed by atoms with Crippen molar-refractivity contribution in [2.45, 2.75) is 13.5 Å². The maximum atomic E-state index is 14.5. The minimum absolute atomic E-state index is 0.0352. The number of ether oxygens (including phenoxy) is 1. The Bertz CT molecular complexity index is 1100. The number of aryl methyl sites for hydroxylation is 1. The van der Waals surface area contributed by atoms with Crippen LogP contribution in [0.25, 0.3) is 22.0 Å². The van der Waals surface area contributed by atoms with Crippen LogP contribution < -0.4 is 9.64 Å². The maximum Gasteiger partial charge on any atom is 0.246 e. The molecule has 1 saturated heterocycles. The lowest BCUT2D eigenvalue weighted by molar-refractivity contribution is -0.126. The lowest BCUT2D eigenvalue weighted by atomic mass is 10.0.